The van der Waals surface area contributed by atoms with Gasteiger partial charge in [-0.25, -0.2) is 8.42 Å². The lowest BCUT2D eigenvalue weighted by Crippen LogP contribution is -2.49. The van der Waals surface area contributed by atoms with Crippen LogP contribution in [0, 0.1) is 12.8 Å². The maximum Gasteiger partial charge on any atom is 0.261 e. The minimum atomic E-state index is -3.87. The number of amides is 1. The Bertz CT molecular complexity index is 1710. The molecular weight excluding hydrogens is 586 g/mol. The molecule has 0 bridgehead atoms. The van der Waals surface area contributed by atoms with Crippen molar-refractivity contribution in [3.63, 3.8) is 0 Å². The number of likely N-dealkylation sites (N-methyl/N-ethyl adjacent to an activating group) is 1. The van der Waals surface area contributed by atoms with Crippen LogP contribution in [0.15, 0.2) is 102 Å². The summed E-state index contributed by atoms with van der Waals surface area (Å²) in [6.45, 7) is 7.23. The summed E-state index contributed by atoms with van der Waals surface area (Å²) in [5.74, 6) is 0.0180. The van der Waals surface area contributed by atoms with E-state index in [1.54, 1.807) is 48.2 Å². The minimum absolute atomic E-state index is 0.0428. The molecule has 0 fully saturated rings. The van der Waals surface area contributed by atoms with Crippen LogP contribution < -0.4 is 9.46 Å². The molecule has 9 heteroatoms. The molecule has 1 amide bonds. The van der Waals surface area contributed by atoms with Gasteiger partial charge < -0.3 is 14.7 Å². The SMILES string of the molecule is Cc1ccc(S(=O)(=O)Nc2ccc3c(c2)C(=O)N([C@@H](C)CO)C[C@H](C)[C@H](CN(C)Cc2ccc(-c4ccccc4)cc2)O3)cc1. The summed E-state index contributed by atoms with van der Waals surface area (Å²) in [6, 6.07) is 29.7. The summed E-state index contributed by atoms with van der Waals surface area (Å²) >= 11 is 0. The van der Waals surface area contributed by atoms with Crippen LogP contribution in [-0.4, -0.2) is 68.1 Å². The second-order valence-corrected chi connectivity index (χ2v) is 13.7. The van der Waals surface area contributed by atoms with E-state index in [1.807, 2.05) is 39.1 Å². The molecule has 4 aromatic carbocycles. The van der Waals surface area contributed by atoms with Crippen LogP contribution in [-0.2, 0) is 16.6 Å². The molecule has 0 aromatic heterocycles. The fraction of sp³-hybridized carbons (Fsp3) is 0.306. The number of carbonyl (C=O) groups excluding carboxylic acids is 1. The van der Waals surface area contributed by atoms with Crippen molar-refractivity contribution in [2.24, 2.45) is 5.92 Å². The largest absolute Gasteiger partial charge is 0.488 e. The van der Waals surface area contributed by atoms with E-state index in [1.165, 1.54) is 22.8 Å². The highest BCUT2D eigenvalue weighted by atomic mass is 32.2. The fourth-order valence-electron chi connectivity index (χ4n) is 5.55. The van der Waals surface area contributed by atoms with Crippen molar-refractivity contribution in [2.45, 2.75) is 44.4 Å². The van der Waals surface area contributed by atoms with Crippen molar-refractivity contribution in [1.29, 1.82) is 0 Å². The number of anilines is 1. The van der Waals surface area contributed by atoms with Crippen molar-refractivity contribution < 1.29 is 23.1 Å². The lowest BCUT2D eigenvalue weighted by Gasteiger charge is -2.38. The zero-order valence-corrected chi connectivity index (χ0v) is 27.0. The minimum Gasteiger partial charge on any atom is -0.488 e. The third-order valence-electron chi connectivity index (χ3n) is 8.25. The lowest BCUT2D eigenvalue weighted by atomic mass is 9.99. The molecule has 4 aromatic rings. The third-order valence-corrected chi connectivity index (χ3v) is 9.65. The van der Waals surface area contributed by atoms with E-state index < -0.39 is 16.1 Å². The molecule has 1 heterocycles. The normalized spacial score (nSPS) is 17.6. The first-order valence-electron chi connectivity index (χ1n) is 15.2. The van der Waals surface area contributed by atoms with Crippen LogP contribution in [0.25, 0.3) is 11.1 Å². The molecule has 0 unspecified atom stereocenters. The summed E-state index contributed by atoms with van der Waals surface area (Å²) in [5.41, 5.74) is 4.96. The molecular formula is C36H41N3O5S. The summed E-state index contributed by atoms with van der Waals surface area (Å²) < 4.78 is 35.3. The van der Waals surface area contributed by atoms with Crippen LogP contribution in [0.1, 0.15) is 35.3 Å². The standard InChI is InChI=1S/C36H41N3O5S/c1-25-10-17-32(18-11-25)45(42,43)37-31-16-19-34-33(20-31)36(41)39(27(3)24-40)21-26(2)35(44-34)23-38(4)22-28-12-14-30(15-13-28)29-8-6-5-7-9-29/h5-20,26-27,35,37,40H,21-24H2,1-4H3/t26-,27-,35-/m0/s1. The Balaban J connectivity index is 1.36. The molecule has 2 N–H and O–H groups in total. The van der Waals surface area contributed by atoms with Crippen molar-refractivity contribution in [3.05, 3.63) is 114 Å². The molecule has 5 rings (SSSR count). The second kappa shape index (κ2) is 13.9. The second-order valence-electron chi connectivity index (χ2n) is 12.0. The smallest absolute Gasteiger partial charge is 0.261 e. The summed E-state index contributed by atoms with van der Waals surface area (Å²) in [7, 11) is -1.83. The van der Waals surface area contributed by atoms with E-state index in [0.29, 0.717) is 25.4 Å². The van der Waals surface area contributed by atoms with Gasteiger partial charge in [0.05, 0.1) is 23.1 Å². The summed E-state index contributed by atoms with van der Waals surface area (Å²) in [6.07, 6.45) is -0.270. The first-order valence-corrected chi connectivity index (χ1v) is 16.7. The first kappa shape index (κ1) is 32.2. The Morgan fingerprint density at radius 2 is 1.64 bits per heavy atom. The van der Waals surface area contributed by atoms with Gasteiger partial charge in [-0.1, -0.05) is 79.2 Å². The van der Waals surface area contributed by atoms with Crippen molar-refractivity contribution in [2.75, 3.05) is 31.5 Å². The van der Waals surface area contributed by atoms with Gasteiger partial charge in [0.1, 0.15) is 11.9 Å². The molecule has 0 saturated heterocycles. The Hall–Kier alpha value is -4.18. The number of benzene rings is 4. The molecule has 1 aliphatic rings. The number of hydrogen-bond acceptors (Lipinski definition) is 6. The van der Waals surface area contributed by atoms with Gasteiger partial charge in [0, 0.05) is 31.2 Å². The Labute approximate surface area is 266 Å². The Morgan fingerprint density at radius 3 is 2.31 bits per heavy atom. The number of fused-ring (bicyclic) bond motifs is 1. The van der Waals surface area contributed by atoms with Gasteiger partial charge in [0.25, 0.3) is 15.9 Å². The average molecular weight is 628 g/mol. The Kier molecular flexibility index (Phi) is 9.92. The molecule has 0 saturated carbocycles. The van der Waals surface area contributed by atoms with Gasteiger partial charge in [-0.3, -0.25) is 14.4 Å². The molecule has 0 aliphatic carbocycles. The van der Waals surface area contributed by atoms with E-state index in [2.05, 4.69) is 46.0 Å². The number of nitrogens with zero attached hydrogens (tertiary/aromatic N) is 2. The van der Waals surface area contributed by atoms with Gasteiger partial charge in [0.2, 0.25) is 0 Å². The van der Waals surface area contributed by atoms with Crippen LogP contribution in [0.3, 0.4) is 0 Å². The quantitative estimate of drug-likeness (QED) is 0.230. The molecule has 8 nitrogen and oxygen atoms in total. The Morgan fingerprint density at radius 1 is 0.978 bits per heavy atom. The van der Waals surface area contributed by atoms with Crippen molar-refractivity contribution >= 4 is 21.6 Å². The van der Waals surface area contributed by atoms with E-state index >= 15 is 0 Å². The van der Waals surface area contributed by atoms with Crippen molar-refractivity contribution in [3.8, 4) is 16.9 Å². The van der Waals surface area contributed by atoms with Crippen molar-refractivity contribution in [1.82, 2.24) is 9.80 Å². The van der Waals surface area contributed by atoms with Crippen LogP contribution in [0.2, 0.25) is 0 Å². The first-order chi connectivity index (χ1) is 21.5. The number of rotatable bonds is 10. The lowest BCUT2D eigenvalue weighted by molar-refractivity contribution is 0.0341. The molecule has 0 radical (unpaired) electrons. The maximum absolute atomic E-state index is 13.8. The highest BCUT2D eigenvalue weighted by molar-refractivity contribution is 7.92. The van der Waals surface area contributed by atoms with E-state index in [4.69, 9.17) is 4.74 Å². The summed E-state index contributed by atoms with van der Waals surface area (Å²) in [5, 5.41) is 10.00. The van der Waals surface area contributed by atoms with Crippen LogP contribution in [0.5, 0.6) is 5.75 Å². The van der Waals surface area contributed by atoms with Gasteiger partial charge in [-0.05, 0) is 67.9 Å². The van der Waals surface area contributed by atoms with E-state index in [9.17, 15) is 18.3 Å². The average Bonchev–Trinajstić information content (AvgIpc) is 3.03. The fourth-order valence-corrected chi connectivity index (χ4v) is 6.60. The van der Waals surface area contributed by atoms with E-state index in [0.717, 1.165) is 5.56 Å². The monoisotopic (exact) mass is 627 g/mol. The number of aliphatic hydroxyl groups is 1. The van der Waals surface area contributed by atoms with Crippen LogP contribution >= 0.6 is 0 Å². The molecule has 236 valence electrons. The zero-order chi connectivity index (χ0) is 32.1. The highest BCUT2D eigenvalue weighted by Gasteiger charge is 2.33. The van der Waals surface area contributed by atoms with Gasteiger partial charge in [-0.15, -0.1) is 0 Å². The maximum atomic E-state index is 13.8. The number of nitrogens with one attached hydrogen (secondary N) is 1. The van der Waals surface area contributed by atoms with E-state index in [-0.39, 0.29) is 40.7 Å². The number of carbonyl (C=O) groups is 1. The highest BCUT2D eigenvalue weighted by Crippen LogP contribution is 2.32. The van der Waals surface area contributed by atoms with Gasteiger partial charge in [0.15, 0.2) is 0 Å². The zero-order valence-electron chi connectivity index (χ0n) is 26.2. The topological polar surface area (TPSA) is 99.2 Å². The molecule has 3 atom stereocenters. The number of ether oxygens (including phenoxy) is 1. The predicted octanol–water partition coefficient (Wildman–Crippen LogP) is 5.81. The summed E-state index contributed by atoms with van der Waals surface area (Å²) in [4.78, 5) is 17.8. The number of aryl methyl sites for hydroxylation is 1. The third kappa shape index (κ3) is 7.73. The molecule has 1 aliphatic heterocycles. The van der Waals surface area contributed by atoms with Gasteiger partial charge in [-0.2, -0.15) is 0 Å². The molecule has 45 heavy (non-hydrogen) atoms. The predicted molar refractivity (Wildman–Crippen MR) is 178 cm³/mol. The number of aliphatic hydroxyl groups excluding tert-OH is 1. The number of sulfonamides is 1. The van der Waals surface area contributed by atoms with Crippen LogP contribution in [0.4, 0.5) is 5.69 Å². The number of hydrogen-bond donors (Lipinski definition) is 2. The molecule has 0 spiro atoms. The van der Waals surface area contributed by atoms with Gasteiger partial charge >= 0.3 is 0 Å².